The maximum absolute atomic E-state index is 12.4. The van der Waals surface area contributed by atoms with Crippen molar-refractivity contribution < 1.29 is 14.3 Å². The van der Waals surface area contributed by atoms with Gasteiger partial charge in [-0.1, -0.05) is 12.1 Å². The predicted molar refractivity (Wildman–Crippen MR) is 99.0 cm³/mol. The van der Waals surface area contributed by atoms with E-state index in [-0.39, 0.29) is 5.91 Å². The van der Waals surface area contributed by atoms with Crippen LogP contribution in [-0.2, 0) is 16.1 Å². The lowest BCUT2D eigenvalue weighted by atomic mass is 10.1. The summed E-state index contributed by atoms with van der Waals surface area (Å²) in [5, 5.41) is 2.83. The SMILES string of the molecule is CCn1c(C)cc(C(=O)O[C@@H](C)C(=O)Nc2cc(C)ccc2C)c1C. The van der Waals surface area contributed by atoms with E-state index in [0.717, 1.165) is 34.7 Å². The number of benzene rings is 1. The summed E-state index contributed by atoms with van der Waals surface area (Å²) in [5.74, 6) is -0.817. The van der Waals surface area contributed by atoms with Crippen LogP contribution in [0.4, 0.5) is 5.69 Å². The van der Waals surface area contributed by atoms with E-state index in [1.54, 1.807) is 13.0 Å². The molecular weight excluding hydrogens is 316 g/mol. The molecule has 0 aliphatic carbocycles. The van der Waals surface area contributed by atoms with E-state index in [9.17, 15) is 9.59 Å². The summed E-state index contributed by atoms with van der Waals surface area (Å²) in [7, 11) is 0. The smallest absolute Gasteiger partial charge is 0.340 e. The Morgan fingerprint density at radius 2 is 1.84 bits per heavy atom. The number of rotatable bonds is 5. The standard InChI is InChI=1S/C20H26N2O3/c1-7-22-14(4)11-17(15(22)5)20(24)25-16(6)19(23)21-18-10-12(2)8-9-13(18)3/h8-11,16H,7H2,1-6H3,(H,21,23)/t16-/m0/s1. The van der Waals surface area contributed by atoms with E-state index in [4.69, 9.17) is 4.74 Å². The van der Waals surface area contributed by atoms with Crippen LogP contribution in [0.25, 0.3) is 0 Å². The highest BCUT2D eigenvalue weighted by Gasteiger charge is 2.22. The summed E-state index contributed by atoms with van der Waals surface area (Å²) in [6, 6.07) is 7.63. The fourth-order valence-corrected chi connectivity index (χ4v) is 2.88. The molecule has 2 rings (SSSR count). The molecule has 0 aliphatic heterocycles. The Kier molecular flexibility index (Phi) is 5.67. The number of amides is 1. The van der Waals surface area contributed by atoms with Gasteiger partial charge in [-0.2, -0.15) is 0 Å². The maximum Gasteiger partial charge on any atom is 0.340 e. The van der Waals surface area contributed by atoms with Crippen LogP contribution in [0, 0.1) is 27.7 Å². The number of aryl methyl sites for hydroxylation is 3. The van der Waals surface area contributed by atoms with Crippen molar-refractivity contribution in [1.29, 1.82) is 0 Å². The second kappa shape index (κ2) is 7.55. The number of esters is 1. The Bertz CT molecular complexity index is 806. The molecule has 1 aromatic carbocycles. The average molecular weight is 342 g/mol. The van der Waals surface area contributed by atoms with Gasteiger partial charge in [-0.15, -0.1) is 0 Å². The molecule has 0 spiro atoms. The van der Waals surface area contributed by atoms with Crippen molar-refractivity contribution in [1.82, 2.24) is 4.57 Å². The zero-order chi connectivity index (χ0) is 18.7. The van der Waals surface area contributed by atoms with E-state index >= 15 is 0 Å². The molecule has 1 heterocycles. The van der Waals surface area contributed by atoms with Gasteiger partial charge in [0.2, 0.25) is 0 Å². The number of ether oxygens (including phenoxy) is 1. The fourth-order valence-electron chi connectivity index (χ4n) is 2.88. The molecule has 0 bridgehead atoms. The summed E-state index contributed by atoms with van der Waals surface area (Å²) in [4.78, 5) is 24.8. The number of carbonyl (C=O) groups is 2. The summed E-state index contributed by atoms with van der Waals surface area (Å²) in [5.41, 5.74) is 5.11. The third-order valence-corrected chi connectivity index (χ3v) is 4.41. The number of nitrogens with one attached hydrogen (secondary N) is 1. The molecule has 134 valence electrons. The summed E-state index contributed by atoms with van der Waals surface area (Å²) in [6.45, 7) is 12.1. The largest absolute Gasteiger partial charge is 0.449 e. The lowest BCUT2D eigenvalue weighted by Crippen LogP contribution is -2.30. The molecule has 0 radical (unpaired) electrons. The summed E-state index contributed by atoms with van der Waals surface area (Å²) in [6.07, 6.45) is -0.878. The second-order valence-corrected chi connectivity index (χ2v) is 6.38. The Morgan fingerprint density at radius 3 is 2.44 bits per heavy atom. The van der Waals surface area contributed by atoms with Gasteiger partial charge in [0.1, 0.15) is 0 Å². The minimum Gasteiger partial charge on any atom is -0.449 e. The molecule has 0 unspecified atom stereocenters. The van der Waals surface area contributed by atoms with Crippen LogP contribution in [0.5, 0.6) is 0 Å². The van der Waals surface area contributed by atoms with Crippen LogP contribution in [0.15, 0.2) is 24.3 Å². The zero-order valence-corrected chi connectivity index (χ0v) is 15.8. The van der Waals surface area contributed by atoms with Crippen LogP contribution in [0.2, 0.25) is 0 Å². The monoisotopic (exact) mass is 342 g/mol. The Labute approximate surface area is 149 Å². The second-order valence-electron chi connectivity index (χ2n) is 6.38. The molecule has 0 saturated heterocycles. The zero-order valence-electron chi connectivity index (χ0n) is 15.8. The maximum atomic E-state index is 12.4. The van der Waals surface area contributed by atoms with Crippen LogP contribution in [0.3, 0.4) is 0 Å². The van der Waals surface area contributed by atoms with Gasteiger partial charge < -0.3 is 14.6 Å². The van der Waals surface area contributed by atoms with E-state index in [1.165, 1.54) is 0 Å². The van der Waals surface area contributed by atoms with E-state index in [1.807, 2.05) is 57.4 Å². The number of hydrogen-bond donors (Lipinski definition) is 1. The van der Waals surface area contributed by atoms with Gasteiger partial charge in [-0.25, -0.2) is 4.79 Å². The molecule has 5 heteroatoms. The molecule has 1 amide bonds. The molecule has 25 heavy (non-hydrogen) atoms. The molecule has 0 aliphatic rings. The molecule has 2 aromatic rings. The van der Waals surface area contributed by atoms with Gasteiger partial charge in [0.05, 0.1) is 5.56 Å². The quantitative estimate of drug-likeness (QED) is 0.838. The van der Waals surface area contributed by atoms with Crippen molar-refractivity contribution in [3.63, 3.8) is 0 Å². The van der Waals surface area contributed by atoms with Crippen molar-refractivity contribution in [2.24, 2.45) is 0 Å². The number of aromatic nitrogens is 1. The molecule has 0 saturated carbocycles. The molecule has 1 atom stereocenters. The minimum absolute atomic E-state index is 0.341. The van der Waals surface area contributed by atoms with Crippen molar-refractivity contribution in [3.8, 4) is 0 Å². The molecule has 1 aromatic heterocycles. The molecule has 1 N–H and O–H groups in total. The highest BCUT2D eigenvalue weighted by atomic mass is 16.5. The average Bonchev–Trinajstić information content (AvgIpc) is 2.84. The van der Waals surface area contributed by atoms with Crippen LogP contribution in [0.1, 0.15) is 46.7 Å². The van der Waals surface area contributed by atoms with Gasteiger partial charge in [0.25, 0.3) is 5.91 Å². The molecule has 0 fully saturated rings. The Hall–Kier alpha value is -2.56. The third kappa shape index (κ3) is 4.10. The molecule has 5 nitrogen and oxygen atoms in total. The number of anilines is 1. The van der Waals surface area contributed by atoms with Gasteiger partial charge in [-0.05, 0) is 64.8 Å². The first kappa shape index (κ1) is 18.8. The van der Waals surface area contributed by atoms with Gasteiger partial charge in [0.15, 0.2) is 6.10 Å². The van der Waals surface area contributed by atoms with Crippen molar-refractivity contribution in [3.05, 3.63) is 52.3 Å². The van der Waals surface area contributed by atoms with E-state index in [2.05, 4.69) is 5.32 Å². The minimum atomic E-state index is -0.878. The number of carbonyl (C=O) groups excluding carboxylic acids is 2. The predicted octanol–water partition coefficient (Wildman–Crippen LogP) is 3.93. The van der Waals surface area contributed by atoms with Crippen LogP contribution in [-0.4, -0.2) is 22.5 Å². The van der Waals surface area contributed by atoms with Gasteiger partial charge in [-0.3, -0.25) is 4.79 Å². The normalized spacial score (nSPS) is 11.9. The van der Waals surface area contributed by atoms with E-state index in [0.29, 0.717) is 5.56 Å². The summed E-state index contributed by atoms with van der Waals surface area (Å²) >= 11 is 0. The molecular formula is C20H26N2O3. The topological polar surface area (TPSA) is 60.3 Å². The third-order valence-electron chi connectivity index (χ3n) is 4.41. The first-order chi connectivity index (χ1) is 11.7. The van der Waals surface area contributed by atoms with Gasteiger partial charge >= 0.3 is 5.97 Å². The van der Waals surface area contributed by atoms with Crippen LogP contribution < -0.4 is 5.32 Å². The Morgan fingerprint density at radius 1 is 1.16 bits per heavy atom. The highest BCUT2D eigenvalue weighted by Crippen LogP contribution is 2.19. The highest BCUT2D eigenvalue weighted by molar-refractivity contribution is 5.98. The lowest BCUT2D eigenvalue weighted by Gasteiger charge is -2.15. The number of hydrogen-bond acceptors (Lipinski definition) is 3. The van der Waals surface area contributed by atoms with Gasteiger partial charge in [0, 0.05) is 23.6 Å². The van der Waals surface area contributed by atoms with Crippen molar-refractivity contribution >= 4 is 17.6 Å². The summed E-state index contributed by atoms with van der Waals surface area (Å²) < 4.78 is 7.41. The fraction of sp³-hybridized carbons (Fsp3) is 0.400. The number of nitrogens with zero attached hydrogens (tertiary/aromatic N) is 1. The van der Waals surface area contributed by atoms with Crippen LogP contribution >= 0.6 is 0 Å². The first-order valence-electron chi connectivity index (χ1n) is 8.50. The van der Waals surface area contributed by atoms with Crippen molar-refractivity contribution in [2.75, 3.05) is 5.32 Å². The Balaban J connectivity index is 2.08. The van der Waals surface area contributed by atoms with E-state index < -0.39 is 12.1 Å². The van der Waals surface area contributed by atoms with Crippen molar-refractivity contribution in [2.45, 2.75) is 54.2 Å². The first-order valence-corrected chi connectivity index (χ1v) is 8.50. The lowest BCUT2D eigenvalue weighted by molar-refractivity contribution is -0.123.